The summed E-state index contributed by atoms with van der Waals surface area (Å²) in [4.78, 5) is 26.1. The van der Waals surface area contributed by atoms with E-state index in [1.165, 1.54) is 17.7 Å². The SMILES string of the molecule is CC(C)(C)O.Cc1ccc(-c2c(CC(=O)O)c(C)c3c4c2cc(C)n4CCN3c2ncc(CN3CCC3)cn2)cc1. The first kappa shape index (κ1) is 28.8. The minimum Gasteiger partial charge on any atom is -0.481 e. The van der Waals surface area contributed by atoms with Crippen molar-refractivity contribution in [2.45, 2.75) is 73.1 Å². The lowest BCUT2D eigenvalue weighted by molar-refractivity contribution is -0.136. The number of aliphatic hydroxyl groups is 1. The standard InChI is InChI=1S/C29H31N5O2.C4H10O/c1-18-5-7-22(8-6-18)26-23(14-25(35)36)20(3)27-28-24(26)13-19(2)33(28)11-12-34(27)29-30-15-21(16-31-29)17-32-9-4-10-32;1-4(2,3)5/h5-8,13,15-16H,4,9-12,14,17H2,1-3H3,(H,35,36);5H,1-3H3. The summed E-state index contributed by atoms with van der Waals surface area (Å²) in [6.45, 7) is 16.2. The summed E-state index contributed by atoms with van der Waals surface area (Å²) in [7, 11) is 0. The summed E-state index contributed by atoms with van der Waals surface area (Å²) in [6.07, 6.45) is 5.10. The van der Waals surface area contributed by atoms with Crippen LogP contribution < -0.4 is 4.90 Å². The molecule has 8 nitrogen and oxygen atoms in total. The van der Waals surface area contributed by atoms with E-state index in [0.717, 1.165) is 77.1 Å². The Bertz CT molecular complexity index is 1560. The fraction of sp³-hybridized carbons (Fsp3) is 0.424. The Morgan fingerprint density at radius 1 is 0.976 bits per heavy atom. The summed E-state index contributed by atoms with van der Waals surface area (Å²) in [5.41, 5.74) is 9.03. The summed E-state index contributed by atoms with van der Waals surface area (Å²) < 4.78 is 2.36. The molecular weight excluding hydrogens is 514 g/mol. The third-order valence-corrected chi connectivity index (χ3v) is 7.68. The van der Waals surface area contributed by atoms with Crippen molar-refractivity contribution in [2.75, 3.05) is 24.5 Å². The second-order valence-corrected chi connectivity index (χ2v) is 12.3. The Balaban J connectivity index is 0.000000623. The number of aromatic nitrogens is 3. The van der Waals surface area contributed by atoms with Gasteiger partial charge in [0.1, 0.15) is 0 Å². The molecule has 0 amide bonds. The normalized spacial score (nSPS) is 15.0. The highest BCUT2D eigenvalue weighted by atomic mass is 16.4. The van der Waals surface area contributed by atoms with Crippen LogP contribution in [-0.2, 0) is 24.3 Å². The first-order valence-corrected chi connectivity index (χ1v) is 14.4. The second-order valence-electron chi connectivity index (χ2n) is 12.3. The van der Waals surface area contributed by atoms with Crippen molar-refractivity contribution in [1.82, 2.24) is 19.4 Å². The van der Waals surface area contributed by atoms with Crippen molar-refractivity contribution in [3.05, 3.63) is 70.7 Å². The van der Waals surface area contributed by atoms with Gasteiger partial charge < -0.3 is 19.7 Å². The number of carbonyl (C=O) groups is 1. The van der Waals surface area contributed by atoms with Crippen molar-refractivity contribution in [3.8, 4) is 11.1 Å². The summed E-state index contributed by atoms with van der Waals surface area (Å²) in [5, 5.41) is 19.5. The Kier molecular flexibility index (Phi) is 7.90. The molecular formula is C33H41N5O3. The quantitative estimate of drug-likeness (QED) is 0.311. The molecule has 2 N–H and O–H groups in total. The van der Waals surface area contributed by atoms with Gasteiger partial charge in [0, 0.05) is 48.7 Å². The molecule has 1 fully saturated rings. The molecule has 0 spiro atoms. The van der Waals surface area contributed by atoms with Crippen LogP contribution in [0, 0.1) is 20.8 Å². The maximum Gasteiger partial charge on any atom is 0.307 e. The molecule has 0 unspecified atom stereocenters. The average Bonchev–Trinajstić information content (AvgIpc) is 3.21. The van der Waals surface area contributed by atoms with Gasteiger partial charge in [0.2, 0.25) is 5.95 Å². The minimum absolute atomic E-state index is 0.0360. The molecule has 2 aromatic carbocycles. The van der Waals surface area contributed by atoms with Crippen LogP contribution in [0.3, 0.4) is 0 Å². The van der Waals surface area contributed by atoms with Crippen molar-refractivity contribution >= 4 is 28.5 Å². The number of anilines is 2. The van der Waals surface area contributed by atoms with E-state index >= 15 is 0 Å². The first-order valence-electron chi connectivity index (χ1n) is 14.4. The number of hydrogen-bond acceptors (Lipinski definition) is 6. The molecule has 1 saturated heterocycles. The van der Waals surface area contributed by atoms with Crippen LogP contribution in [0.4, 0.5) is 11.6 Å². The largest absolute Gasteiger partial charge is 0.481 e. The second kappa shape index (κ2) is 11.3. The maximum atomic E-state index is 12.0. The topological polar surface area (TPSA) is 94.7 Å². The van der Waals surface area contributed by atoms with Crippen LogP contribution >= 0.6 is 0 Å². The van der Waals surface area contributed by atoms with Gasteiger partial charge >= 0.3 is 5.97 Å². The van der Waals surface area contributed by atoms with E-state index in [1.807, 2.05) is 19.3 Å². The van der Waals surface area contributed by atoms with E-state index in [9.17, 15) is 9.90 Å². The molecule has 4 aromatic rings. The Morgan fingerprint density at radius 2 is 1.61 bits per heavy atom. The molecule has 6 rings (SSSR count). The van der Waals surface area contributed by atoms with Gasteiger partial charge in [-0.3, -0.25) is 9.69 Å². The third-order valence-electron chi connectivity index (χ3n) is 7.68. The third kappa shape index (κ3) is 6.14. The molecule has 8 heteroatoms. The number of nitrogens with zero attached hydrogens (tertiary/aromatic N) is 5. The Labute approximate surface area is 242 Å². The van der Waals surface area contributed by atoms with E-state index in [4.69, 9.17) is 15.1 Å². The number of aryl methyl sites for hydroxylation is 2. The maximum absolute atomic E-state index is 12.0. The van der Waals surface area contributed by atoms with Crippen LogP contribution in [0.1, 0.15) is 55.1 Å². The molecule has 0 atom stereocenters. The van der Waals surface area contributed by atoms with Gasteiger partial charge in [-0.2, -0.15) is 0 Å². The number of hydrogen-bond donors (Lipinski definition) is 2. The molecule has 216 valence electrons. The van der Waals surface area contributed by atoms with Crippen molar-refractivity contribution < 1.29 is 15.0 Å². The van der Waals surface area contributed by atoms with Crippen molar-refractivity contribution in [3.63, 3.8) is 0 Å². The summed E-state index contributed by atoms with van der Waals surface area (Å²) in [6, 6.07) is 10.6. The van der Waals surface area contributed by atoms with Crippen LogP contribution in [0.5, 0.6) is 0 Å². The molecule has 0 bridgehead atoms. The number of carboxylic acid groups (broad SMARTS) is 1. The molecule has 41 heavy (non-hydrogen) atoms. The van der Waals surface area contributed by atoms with Gasteiger partial charge in [-0.15, -0.1) is 0 Å². The van der Waals surface area contributed by atoms with Crippen LogP contribution in [0.2, 0.25) is 0 Å². The molecule has 0 radical (unpaired) electrons. The van der Waals surface area contributed by atoms with Crippen LogP contribution in [-0.4, -0.2) is 60.9 Å². The van der Waals surface area contributed by atoms with Crippen LogP contribution in [0.15, 0.2) is 42.7 Å². The highest BCUT2D eigenvalue weighted by molar-refractivity contribution is 6.08. The zero-order valence-corrected chi connectivity index (χ0v) is 25.0. The number of rotatable bonds is 6. The molecule has 2 aliphatic heterocycles. The van der Waals surface area contributed by atoms with Crippen molar-refractivity contribution in [1.29, 1.82) is 0 Å². The van der Waals surface area contributed by atoms with Gasteiger partial charge in [0.15, 0.2) is 0 Å². The van der Waals surface area contributed by atoms with E-state index < -0.39 is 11.6 Å². The minimum atomic E-state index is -0.830. The number of benzene rings is 2. The first-order chi connectivity index (χ1) is 19.4. The van der Waals surface area contributed by atoms with E-state index in [-0.39, 0.29) is 6.42 Å². The Hall–Kier alpha value is -3.75. The number of carboxylic acids is 1. The van der Waals surface area contributed by atoms with Gasteiger partial charge in [-0.25, -0.2) is 9.97 Å². The van der Waals surface area contributed by atoms with E-state index in [1.54, 1.807) is 20.8 Å². The summed E-state index contributed by atoms with van der Waals surface area (Å²) >= 11 is 0. The average molecular weight is 556 g/mol. The lowest BCUT2D eigenvalue weighted by atomic mass is 9.88. The fourth-order valence-corrected chi connectivity index (χ4v) is 5.71. The Morgan fingerprint density at radius 3 is 2.17 bits per heavy atom. The lowest BCUT2D eigenvalue weighted by Gasteiger charge is -2.33. The van der Waals surface area contributed by atoms with E-state index in [2.05, 4.69) is 58.5 Å². The number of aliphatic carboxylic acids is 1. The monoisotopic (exact) mass is 555 g/mol. The predicted molar refractivity (Wildman–Crippen MR) is 164 cm³/mol. The summed E-state index contributed by atoms with van der Waals surface area (Å²) in [5.74, 6) is -0.163. The molecule has 2 aromatic heterocycles. The van der Waals surface area contributed by atoms with Crippen molar-refractivity contribution in [2.24, 2.45) is 0 Å². The zero-order valence-electron chi connectivity index (χ0n) is 25.0. The predicted octanol–water partition coefficient (Wildman–Crippen LogP) is 5.79. The highest BCUT2D eigenvalue weighted by Crippen LogP contribution is 2.46. The van der Waals surface area contributed by atoms with Gasteiger partial charge in [0.25, 0.3) is 0 Å². The molecule has 4 heterocycles. The molecule has 0 saturated carbocycles. The molecule has 0 aliphatic carbocycles. The smallest absolute Gasteiger partial charge is 0.307 e. The fourth-order valence-electron chi connectivity index (χ4n) is 5.71. The molecule has 2 aliphatic rings. The highest BCUT2D eigenvalue weighted by Gasteiger charge is 2.30. The lowest BCUT2D eigenvalue weighted by Crippen LogP contribution is -2.36. The van der Waals surface area contributed by atoms with Gasteiger partial charge in [-0.05, 0) is 89.4 Å². The zero-order chi connectivity index (χ0) is 29.5. The van der Waals surface area contributed by atoms with Crippen LogP contribution in [0.25, 0.3) is 22.0 Å². The van der Waals surface area contributed by atoms with Gasteiger partial charge in [0.05, 0.1) is 23.2 Å². The number of likely N-dealkylation sites (tertiary alicyclic amines) is 1. The van der Waals surface area contributed by atoms with E-state index in [0.29, 0.717) is 5.95 Å². The van der Waals surface area contributed by atoms with Gasteiger partial charge in [-0.1, -0.05) is 29.8 Å².